The maximum Gasteiger partial charge on any atom is 0.124 e. The summed E-state index contributed by atoms with van der Waals surface area (Å²) in [5, 5.41) is 0.671. The first-order valence-electron chi connectivity index (χ1n) is 5.80. The zero-order chi connectivity index (χ0) is 13.0. The standard InChI is InChI=1S/C13H16ClN3O/c1-10(15)12-8-11(14)2-3-13(12)18-7-6-17-5-4-16-9-17/h2-5,8-10H,6-7,15H2,1H3. The van der Waals surface area contributed by atoms with E-state index in [2.05, 4.69) is 4.98 Å². The lowest BCUT2D eigenvalue weighted by Crippen LogP contribution is -2.11. The van der Waals surface area contributed by atoms with Crippen molar-refractivity contribution in [3.63, 3.8) is 0 Å². The van der Waals surface area contributed by atoms with E-state index in [1.807, 2.05) is 29.8 Å². The van der Waals surface area contributed by atoms with E-state index < -0.39 is 0 Å². The molecule has 0 radical (unpaired) electrons. The Hall–Kier alpha value is -1.52. The Kier molecular flexibility index (Phi) is 4.23. The summed E-state index contributed by atoms with van der Waals surface area (Å²) in [6, 6.07) is 5.40. The van der Waals surface area contributed by atoms with Crippen LogP contribution in [0.15, 0.2) is 36.9 Å². The number of ether oxygens (including phenoxy) is 1. The van der Waals surface area contributed by atoms with Gasteiger partial charge in [-0.2, -0.15) is 0 Å². The Morgan fingerprint density at radius 2 is 2.33 bits per heavy atom. The van der Waals surface area contributed by atoms with Crippen molar-refractivity contribution >= 4 is 11.6 Å². The minimum Gasteiger partial charge on any atom is -0.491 e. The minimum absolute atomic E-state index is 0.105. The third kappa shape index (κ3) is 3.24. The molecule has 0 spiro atoms. The molecular weight excluding hydrogens is 250 g/mol. The Bertz CT molecular complexity index is 497. The zero-order valence-electron chi connectivity index (χ0n) is 10.2. The van der Waals surface area contributed by atoms with Crippen LogP contribution in [-0.4, -0.2) is 16.2 Å². The van der Waals surface area contributed by atoms with Gasteiger partial charge in [-0.3, -0.25) is 0 Å². The van der Waals surface area contributed by atoms with Crippen LogP contribution in [0.2, 0.25) is 5.02 Å². The highest BCUT2D eigenvalue weighted by molar-refractivity contribution is 6.30. The summed E-state index contributed by atoms with van der Waals surface area (Å²) in [5.74, 6) is 0.787. The van der Waals surface area contributed by atoms with Crippen molar-refractivity contribution in [2.45, 2.75) is 19.5 Å². The quantitative estimate of drug-likeness (QED) is 0.904. The minimum atomic E-state index is -0.105. The molecule has 5 heteroatoms. The van der Waals surface area contributed by atoms with Crippen LogP contribution in [-0.2, 0) is 6.54 Å². The summed E-state index contributed by atoms with van der Waals surface area (Å²) in [5.41, 5.74) is 6.82. The lowest BCUT2D eigenvalue weighted by Gasteiger charge is -2.14. The molecule has 0 saturated heterocycles. The van der Waals surface area contributed by atoms with Gasteiger partial charge in [0.1, 0.15) is 12.4 Å². The van der Waals surface area contributed by atoms with Crippen molar-refractivity contribution in [1.29, 1.82) is 0 Å². The normalized spacial score (nSPS) is 12.4. The van der Waals surface area contributed by atoms with Crippen LogP contribution < -0.4 is 10.5 Å². The molecular formula is C13H16ClN3O. The second kappa shape index (κ2) is 5.89. The first-order chi connectivity index (χ1) is 8.66. The van der Waals surface area contributed by atoms with E-state index in [0.29, 0.717) is 11.6 Å². The highest BCUT2D eigenvalue weighted by atomic mass is 35.5. The van der Waals surface area contributed by atoms with Crippen LogP contribution in [0.5, 0.6) is 5.75 Å². The molecule has 0 saturated carbocycles. The molecule has 0 fully saturated rings. The van der Waals surface area contributed by atoms with E-state index in [0.717, 1.165) is 17.9 Å². The molecule has 2 aromatic rings. The maximum atomic E-state index is 5.95. The van der Waals surface area contributed by atoms with Gasteiger partial charge in [0, 0.05) is 29.0 Å². The average molecular weight is 266 g/mol. The number of hydrogen-bond donors (Lipinski definition) is 1. The molecule has 2 rings (SSSR count). The van der Waals surface area contributed by atoms with Crippen molar-refractivity contribution in [2.75, 3.05) is 6.61 Å². The van der Waals surface area contributed by atoms with Crippen LogP contribution in [0.1, 0.15) is 18.5 Å². The average Bonchev–Trinajstić information content (AvgIpc) is 2.84. The van der Waals surface area contributed by atoms with Crippen molar-refractivity contribution in [1.82, 2.24) is 9.55 Å². The summed E-state index contributed by atoms with van der Waals surface area (Å²) in [6.07, 6.45) is 5.41. The Morgan fingerprint density at radius 1 is 1.50 bits per heavy atom. The Balaban J connectivity index is 2.00. The molecule has 0 aliphatic rings. The van der Waals surface area contributed by atoms with E-state index in [-0.39, 0.29) is 6.04 Å². The van der Waals surface area contributed by atoms with E-state index >= 15 is 0 Å². The molecule has 0 bridgehead atoms. The van der Waals surface area contributed by atoms with Gasteiger partial charge in [-0.1, -0.05) is 11.6 Å². The van der Waals surface area contributed by atoms with Gasteiger partial charge in [0.2, 0.25) is 0 Å². The zero-order valence-corrected chi connectivity index (χ0v) is 11.0. The van der Waals surface area contributed by atoms with Crippen molar-refractivity contribution in [3.05, 3.63) is 47.5 Å². The van der Waals surface area contributed by atoms with E-state index in [1.165, 1.54) is 0 Å². The van der Waals surface area contributed by atoms with Gasteiger partial charge in [-0.15, -0.1) is 0 Å². The fourth-order valence-corrected chi connectivity index (χ4v) is 1.87. The van der Waals surface area contributed by atoms with Gasteiger partial charge in [0.05, 0.1) is 12.9 Å². The summed E-state index contributed by atoms with van der Waals surface area (Å²) in [6.45, 7) is 3.23. The van der Waals surface area contributed by atoms with Gasteiger partial charge in [0.25, 0.3) is 0 Å². The first kappa shape index (κ1) is 12.9. The summed E-state index contributed by atoms with van der Waals surface area (Å²) in [4.78, 5) is 3.98. The molecule has 0 aliphatic carbocycles. The van der Waals surface area contributed by atoms with Crippen LogP contribution in [0.3, 0.4) is 0 Å². The van der Waals surface area contributed by atoms with Crippen LogP contribution in [0.25, 0.3) is 0 Å². The predicted octanol–water partition coefficient (Wildman–Crippen LogP) is 2.64. The van der Waals surface area contributed by atoms with E-state index in [9.17, 15) is 0 Å². The Labute approximate surface area is 111 Å². The van der Waals surface area contributed by atoms with Gasteiger partial charge in [0.15, 0.2) is 0 Å². The third-order valence-electron chi connectivity index (χ3n) is 2.63. The fraction of sp³-hybridized carbons (Fsp3) is 0.308. The largest absolute Gasteiger partial charge is 0.491 e. The number of halogens is 1. The first-order valence-corrected chi connectivity index (χ1v) is 6.18. The third-order valence-corrected chi connectivity index (χ3v) is 2.86. The highest BCUT2D eigenvalue weighted by Gasteiger charge is 2.08. The number of hydrogen-bond acceptors (Lipinski definition) is 3. The van der Waals surface area contributed by atoms with E-state index in [4.69, 9.17) is 22.1 Å². The van der Waals surface area contributed by atoms with Crippen LogP contribution >= 0.6 is 11.6 Å². The number of aromatic nitrogens is 2. The van der Waals surface area contributed by atoms with Crippen molar-refractivity contribution in [2.24, 2.45) is 5.73 Å². The number of imidazole rings is 1. The number of rotatable bonds is 5. The van der Waals surface area contributed by atoms with E-state index in [1.54, 1.807) is 18.6 Å². The molecule has 1 heterocycles. The lowest BCUT2D eigenvalue weighted by atomic mass is 10.1. The summed E-state index contributed by atoms with van der Waals surface area (Å²) in [7, 11) is 0. The molecule has 0 amide bonds. The summed E-state index contributed by atoms with van der Waals surface area (Å²) < 4.78 is 7.70. The number of benzene rings is 1. The maximum absolute atomic E-state index is 5.95. The van der Waals surface area contributed by atoms with Crippen LogP contribution in [0.4, 0.5) is 0 Å². The molecule has 1 aromatic carbocycles. The monoisotopic (exact) mass is 265 g/mol. The molecule has 4 nitrogen and oxygen atoms in total. The number of nitrogens with two attached hydrogens (primary N) is 1. The molecule has 1 atom stereocenters. The summed E-state index contributed by atoms with van der Waals surface area (Å²) >= 11 is 5.95. The van der Waals surface area contributed by atoms with Crippen molar-refractivity contribution in [3.8, 4) is 5.75 Å². The molecule has 1 aromatic heterocycles. The highest BCUT2D eigenvalue weighted by Crippen LogP contribution is 2.27. The van der Waals surface area contributed by atoms with Gasteiger partial charge in [-0.05, 0) is 25.1 Å². The SMILES string of the molecule is CC(N)c1cc(Cl)ccc1OCCn1ccnc1. The predicted molar refractivity (Wildman–Crippen MR) is 71.8 cm³/mol. The smallest absolute Gasteiger partial charge is 0.124 e. The van der Waals surface area contributed by atoms with Crippen molar-refractivity contribution < 1.29 is 4.74 Å². The number of nitrogens with zero attached hydrogens (tertiary/aromatic N) is 2. The second-order valence-electron chi connectivity index (χ2n) is 4.12. The van der Waals surface area contributed by atoms with Gasteiger partial charge < -0.3 is 15.0 Å². The molecule has 96 valence electrons. The second-order valence-corrected chi connectivity index (χ2v) is 4.56. The molecule has 18 heavy (non-hydrogen) atoms. The molecule has 2 N–H and O–H groups in total. The Morgan fingerprint density at radius 3 is 3.00 bits per heavy atom. The van der Waals surface area contributed by atoms with Crippen LogP contribution in [0, 0.1) is 0 Å². The fourth-order valence-electron chi connectivity index (χ4n) is 1.69. The topological polar surface area (TPSA) is 53.1 Å². The van der Waals surface area contributed by atoms with Gasteiger partial charge in [-0.25, -0.2) is 4.98 Å². The molecule has 0 aliphatic heterocycles. The lowest BCUT2D eigenvalue weighted by molar-refractivity contribution is 0.294. The molecule has 1 unspecified atom stereocenters. The van der Waals surface area contributed by atoms with Gasteiger partial charge >= 0.3 is 0 Å².